The lowest BCUT2D eigenvalue weighted by molar-refractivity contribution is -0.383. The number of nitro groups is 1. The predicted molar refractivity (Wildman–Crippen MR) is 136 cm³/mol. The molecule has 0 fully saturated rings. The maximum atomic E-state index is 12.1. The molecule has 0 saturated carbocycles. The number of aromatic nitrogens is 3. The fourth-order valence-electron chi connectivity index (χ4n) is 4.70. The van der Waals surface area contributed by atoms with Gasteiger partial charge in [-0.15, -0.1) is 0 Å². The first-order chi connectivity index (χ1) is 16.6. The Morgan fingerprint density at radius 3 is 2.65 bits per heavy atom. The molecule has 3 aromatic rings. The van der Waals surface area contributed by atoms with Crippen LogP contribution in [0.3, 0.4) is 0 Å². The number of para-hydroxylation sites is 1. The van der Waals surface area contributed by atoms with E-state index in [1.54, 1.807) is 0 Å². The largest absolute Gasteiger partial charge is 0.363 e. The summed E-state index contributed by atoms with van der Waals surface area (Å²) in [5.41, 5.74) is 3.44. The van der Waals surface area contributed by atoms with Crippen LogP contribution < -0.4 is 10.2 Å². The average Bonchev–Trinajstić information content (AvgIpc) is 3.22. The smallest absolute Gasteiger partial charge is 0.353 e. The van der Waals surface area contributed by atoms with Gasteiger partial charge in [-0.2, -0.15) is 0 Å². The summed E-state index contributed by atoms with van der Waals surface area (Å²) in [7, 11) is 0. The van der Waals surface area contributed by atoms with Gasteiger partial charge in [-0.05, 0) is 44.0 Å². The molecule has 0 saturated heterocycles. The summed E-state index contributed by atoms with van der Waals surface area (Å²) in [6.45, 7) is 9.17. The summed E-state index contributed by atoms with van der Waals surface area (Å²) in [5, 5.41) is 16.6. The number of fused-ring (bicyclic) bond motifs is 3. The summed E-state index contributed by atoms with van der Waals surface area (Å²) >= 11 is 0. The van der Waals surface area contributed by atoms with E-state index in [0.717, 1.165) is 62.9 Å². The zero-order chi connectivity index (χ0) is 23.9. The molecule has 9 nitrogen and oxygen atoms in total. The predicted octanol–water partition coefficient (Wildman–Crippen LogP) is 4.74. The quantitative estimate of drug-likeness (QED) is 0.294. The maximum Gasteiger partial charge on any atom is 0.353 e. The molecule has 182 valence electrons. The second-order valence-electron chi connectivity index (χ2n) is 8.93. The van der Waals surface area contributed by atoms with E-state index in [2.05, 4.69) is 51.1 Å². The Hall–Kier alpha value is -3.20. The third-order valence-electron chi connectivity index (χ3n) is 6.54. The van der Waals surface area contributed by atoms with Crippen molar-refractivity contribution < 1.29 is 4.92 Å². The Labute approximate surface area is 200 Å². The molecule has 1 aliphatic heterocycles. The summed E-state index contributed by atoms with van der Waals surface area (Å²) in [6, 6.07) is 8.25. The molecule has 34 heavy (non-hydrogen) atoms. The molecule has 0 unspecified atom stereocenters. The number of nitrogens with one attached hydrogen (secondary N) is 2. The molecule has 1 aliphatic rings. The van der Waals surface area contributed by atoms with Crippen LogP contribution in [-0.4, -0.2) is 57.5 Å². The monoisotopic (exact) mass is 465 g/mol. The van der Waals surface area contributed by atoms with Crippen LogP contribution >= 0.6 is 0 Å². The number of anilines is 2. The first-order valence-corrected chi connectivity index (χ1v) is 12.4. The highest BCUT2D eigenvalue weighted by molar-refractivity contribution is 5.85. The second kappa shape index (κ2) is 11.3. The topological polar surface area (TPSA) is 103 Å². The van der Waals surface area contributed by atoms with Crippen molar-refractivity contribution in [2.75, 3.05) is 42.9 Å². The van der Waals surface area contributed by atoms with E-state index in [-0.39, 0.29) is 10.6 Å². The Morgan fingerprint density at radius 2 is 1.91 bits per heavy atom. The molecule has 1 aromatic carbocycles. The van der Waals surface area contributed by atoms with E-state index in [0.29, 0.717) is 31.3 Å². The molecular formula is C25H35N7O2. The zero-order valence-corrected chi connectivity index (χ0v) is 20.2. The molecule has 2 aromatic heterocycles. The van der Waals surface area contributed by atoms with E-state index >= 15 is 0 Å². The number of hydrogen-bond acceptors (Lipinski definition) is 7. The average molecular weight is 466 g/mol. The Balaban J connectivity index is 1.49. The molecule has 2 N–H and O–H groups in total. The van der Waals surface area contributed by atoms with Gasteiger partial charge in [0.05, 0.1) is 11.5 Å². The van der Waals surface area contributed by atoms with Gasteiger partial charge < -0.3 is 20.1 Å². The molecule has 9 heteroatoms. The van der Waals surface area contributed by atoms with Crippen molar-refractivity contribution in [1.82, 2.24) is 19.9 Å². The fourth-order valence-corrected chi connectivity index (χ4v) is 4.70. The van der Waals surface area contributed by atoms with Crippen molar-refractivity contribution in [2.24, 2.45) is 0 Å². The van der Waals surface area contributed by atoms with Crippen molar-refractivity contribution >= 4 is 28.2 Å². The standard InChI is InChI=1S/C25H35N7O2/c1-3-5-13-30(14-6-4-2)16-12-26-24-23(32(33)34)25(28-18-27-24)31-15-11-20-19-9-7-8-10-21(19)29-22(20)17-31/h7-10,18,29H,3-6,11-17H2,1-2H3,(H,26,27,28). The van der Waals surface area contributed by atoms with Gasteiger partial charge in [-0.1, -0.05) is 44.9 Å². The normalized spacial score (nSPS) is 13.4. The lowest BCUT2D eigenvalue weighted by Gasteiger charge is -2.28. The van der Waals surface area contributed by atoms with E-state index in [1.807, 2.05) is 17.0 Å². The summed E-state index contributed by atoms with van der Waals surface area (Å²) in [4.78, 5) is 28.2. The van der Waals surface area contributed by atoms with Crippen molar-refractivity contribution in [3.05, 3.63) is 52.0 Å². The zero-order valence-electron chi connectivity index (χ0n) is 20.2. The van der Waals surface area contributed by atoms with Crippen LogP contribution in [0.4, 0.5) is 17.3 Å². The summed E-state index contributed by atoms with van der Waals surface area (Å²) in [6.07, 6.45) is 6.87. The SMILES string of the molecule is CCCCN(CCCC)CCNc1ncnc(N2CCc3c([nH]c4ccccc34)C2)c1[N+](=O)[O-]. The first kappa shape index (κ1) is 23.9. The minimum Gasteiger partial charge on any atom is -0.363 e. The van der Waals surface area contributed by atoms with Crippen LogP contribution in [0.25, 0.3) is 10.9 Å². The van der Waals surface area contributed by atoms with Crippen LogP contribution in [0.15, 0.2) is 30.6 Å². The van der Waals surface area contributed by atoms with Gasteiger partial charge in [0, 0.05) is 36.2 Å². The summed E-state index contributed by atoms with van der Waals surface area (Å²) < 4.78 is 0. The number of H-pyrrole nitrogens is 1. The van der Waals surface area contributed by atoms with Crippen LogP contribution in [0, 0.1) is 10.1 Å². The summed E-state index contributed by atoms with van der Waals surface area (Å²) in [5.74, 6) is 0.670. The third kappa shape index (κ3) is 5.30. The van der Waals surface area contributed by atoms with Crippen molar-refractivity contribution in [3.63, 3.8) is 0 Å². The molecule has 3 heterocycles. The minimum atomic E-state index is -0.357. The van der Waals surface area contributed by atoms with Crippen LogP contribution in [0.1, 0.15) is 50.8 Å². The Kier molecular flexibility index (Phi) is 7.95. The van der Waals surface area contributed by atoms with Crippen LogP contribution in [0.2, 0.25) is 0 Å². The fraction of sp³-hybridized carbons (Fsp3) is 0.520. The van der Waals surface area contributed by atoms with E-state index in [9.17, 15) is 10.1 Å². The molecular weight excluding hydrogens is 430 g/mol. The number of aromatic amines is 1. The molecule has 0 bridgehead atoms. The van der Waals surface area contributed by atoms with Crippen molar-refractivity contribution in [3.8, 4) is 0 Å². The van der Waals surface area contributed by atoms with Crippen LogP contribution in [0.5, 0.6) is 0 Å². The van der Waals surface area contributed by atoms with Gasteiger partial charge in [-0.3, -0.25) is 10.1 Å². The minimum absolute atomic E-state index is 0.0456. The second-order valence-corrected chi connectivity index (χ2v) is 8.93. The van der Waals surface area contributed by atoms with E-state index in [4.69, 9.17) is 0 Å². The third-order valence-corrected chi connectivity index (χ3v) is 6.54. The van der Waals surface area contributed by atoms with Gasteiger partial charge in [0.15, 0.2) is 0 Å². The number of hydrogen-bond donors (Lipinski definition) is 2. The molecule has 4 rings (SSSR count). The highest BCUT2D eigenvalue weighted by atomic mass is 16.6. The first-order valence-electron chi connectivity index (χ1n) is 12.4. The highest BCUT2D eigenvalue weighted by Gasteiger charge is 2.30. The molecule has 0 atom stereocenters. The van der Waals surface area contributed by atoms with Gasteiger partial charge in [0.2, 0.25) is 11.6 Å². The Morgan fingerprint density at radius 1 is 1.15 bits per heavy atom. The van der Waals surface area contributed by atoms with Crippen LogP contribution in [-0.2, 0) is 13.0 Å². The number of rotatable bonds is 12. The van der Waals surface area contributed by atoms with Gasteiger partial charge in [0.25, 0.3) is 0 Å². The Bertz CT molecular complexity index is 1110. The van der Waals surface area contributed by atoms with Gasteiger partial charge in [-0.25, -0.2) is 9.97 Å². The van der Waals surface area contributed by atoms with E-state index < -0.39 is 0 Å². The molecule has 0 amide bonds. The van der Waals surface area contributed by atoms with Gasteiger partial charge >= 0.3 is 5.69 Å². The van der Waals surface area contributed by atoms with Crippen molar-refractivity contribution in [1.29, 1.82) is 0 Å². The van der Waals surface area contributed by atoms with Gasteiger partial charge in [0.1, 0.15) is 6.33 Å². The van der Waals surface area contributed by atoms with Crippen molar-refractivity contribution in [2.45, 2.75) is 52.5 Å². The van der Waals surface area contributed by atoms with E-state index in [1.165, 1.54) is 17.3 Å². The number of nitrogens with zero attached hydrogens (tertiary/aromatic N) is 5. The molecule has 0 spiro atoms. The highest BCUT2D eigenvalue weighted by Crippen LogP contribution is 2.35. The number of benzene rings is 1. The number of unbranched alkanes of at least 4 members (excludes halogenated alkanes) is 2. The lowest BCUT2D eigenvalue weighted by atomic mass is 10.0. The molecule has 0 radical (unpaired) electrons. The lowest BCUT2D eigenvalue weighted by Crippen LogP contribution is -2.32. The maximum absolute atomic E-state index is 12.1. The molecule has 0 aliphatic carbocycles.